The molecule has 3 saturated carbocycles. The maximum absolute atomic E-state index is 13.1. The van der Waals surface area contributed by atoms with E-state index in [2.05, 4.69) is 32.7 Å². The van der Waals surface area contributed by atoms with Crippen LogP contribution >= 0.6 is 0 Å². The van der Waals surface area contributed by atoms with Crippen molar-refractivity contribution in [1.29, 1.82) is 0 Å². The van der Waals surface area contributed by atoms with Gasteiger partial charge in [0, 0.05) is 28.8 Å². The molecule has 3 aliphatic rings. The molecule has 2 aromatic heterocycles. The summed E-state index contributed by atoms with van der Waals surface area (Å²) in [5.41, 5.74) is 6.73. The molecule has 40 heavy (non-hydrogen) atoms. The minimum absolute atomic E-state index is 0.113. The van der Waals surface area contributed by atoms with Gasteiger partial charge in [0.25, 0.3) is 5.91 Å². The van der Waals surface area contributed by atoms with Crippen LogP contribution in [0.3, 0.4) is 0 Å². The zero-order valence-electron chi connectivity index (χ0n) is 22.7. The van der Waals surface area contributed by atoms with Gasteiger partial charge in [-0.2, -0.15) is 0 Å². The Morgan fingerprint density at radius 1 is 0.775 bits per heavy atom. The third kappa shape index (κ3) is 5.37. The van der Waals surface area contributed by atoms with Crippen LogP contribution in [-0.4, -0.2) is 26.8 Å². The van der Waals surface area contributed by atoms with Crippen molar-refractivity contribution in [3.8, 4) is 11.4 Å². The van der Waals surface area contributed by atoms with E-state index in [-0.39, 0.29) is 17.7 Å². The second-order valence-corrected chi connectivity index (χ2v) is 11.8. The second-order valence-electron chi connectivity index (χ2n) is 11.8. The molecule has 204 valence electrons. The predicted octanol–water partition coefficient (Wildman–Crippen LogP) is 7.54. The Balaban J connectivity index is 1.03. The van der Waals surface area contributed by atoms with Gasteiger partial charge in [-0.05, 0) is 97.9 Å². The van der Waals surface area contributed by atoms with Crippen molar-refractivity contribution in [3.63, 3.8) is 0 Å². The van der Waals surface area contributed by atoms with Crippen molar-refractivity contribution in [3.05, 3.63) is 71.4 Å². The zero-order chi connectivity index (χ0) is 27.1. The number of imidazole rings is 1. The fraction of sp³-hybridized carbons (Fsp3) is 0.394. The van der Waals surface area contributed by atoms with Crippen LogP contribution in [0.4, 0.5) is 11.5 Å². The highest BCUT2D eigenvalue weighted by Gasteiger charge is 2.33. The molecule has 4 aromatic rings. The SMILES string of the molecule is O=C(Nc1cc2nc(-c3ccc(NC(=O)C4CCCCCC4)cc3)[nH]c2cn1)c1ccc(C2CC2)c(C2CC2)c1. The van der Waals surface area contributed by atoms with Crippen molar-refractivity contribution < 1.29 is 9.59 Å². The molecule has 0 atom stereocenters. The van der Waals surface area contributed by atoms with Gasteiger partial charge in [0.05, 0.1) is 17.2 Å². The number of carbonyl (C=O) groups is 2. The molecule has 0 bridgehead atoms. The van der Waals surface area contributed by atoms with E-state index in [1.807, 2.05) is 30.3 Å². The number of hydrogen-bond donors (Lipinski definition) is 3. The van der Waals surface area contributed by atoms with E-state index in [1.54, 1.807) is 12.3 Å². The summed E-state index contributed by atoms with van der Waals surface area (Å²) in [4.78, 5) is 38.3. The lowest BCUT2D eigenvalue weighted by atomic mass is 9.96. The highest BCUT2D eigenvalue weighted by atomic mass is 16.2. The lowest BCUT2D eigenvalue weighted by Crippen LogP contribution is -2.22. The van der Waals surface area contributed by atoms with Gasteiger partial charge in [-0.25, -0.2) is 9.97 Å². The number of carbonyl (C=O) groups excluding carboxylic acids is 2. The molecule has 0 radical (unpaired) electrons. The topological polar surface area (TPSA) is 99.8 Å². The third-order valence-corrected chi connectivity index (χ3v) is 8.64. The molecule has 3 N–H and O–H groups in total. The molecule has 0 saturated heterocycles. The molecule has 0 aliphatic heterocycles. The van der Waals surface area contributed by atoms with Crippen molar-refractivity contribution in [2.45, 2.75) is 76.0 Å². The summed E-state index contributed by atoms with van der Waals surface area (Å²) < 4.78 is 0. The number of nitrogens with one attached hydrogen (secondary N) is 3. The number of pyridine rings is 1. The van der Waals surface area contributed by atoms with Crippen LogP contribution in [0, 0.1) is 5.92 Å². The number of fused-ring (bicyclic) bond motifs is 1. The average molecular weight is 534 g/mol. The summed E-state index contributed by atoms with van der Waals surface area (Å²) in [5, 5.41) is 6.05. The summed E-state index contributed by atoms with van der Waals surface area (Å²) in [5.74, 6) is 2.59. The molecule has 0 spiro atoms. The Hall–Kier alpha value is -4.00. The summed E-state index contributed by atoms with van der Waals surface area (Å²) in [7, 11) is 0. The van der Waals surface area contributed by atoms with Crippen LogP contribution in [0.15, 0.2) is 54.7 Å². The van der Waals surface area contributed by atoms with Gasteiger partial charge in [0.2, 0.25) is 5.91 Å². The molecule has 7 rings (SSSR count). The lowest BCUT2D eigenvalue weighted by molar-refractivity contribution is -0.120. The summed E-state index contributed by atoms with van der Waals surface area (Å²) in [6.45, 7) is 0. The molecule has 2 heterocycles. The second kappa shape index (κ2) is 10.5. The minimum atomic E-state index is -0.145. The van der Waals surface area contributed by atoms with Gasteiger partial charge in [-0.1, -0.05) is 31.7 Å². The zero-order valence-corrected chi connectivity index (χ0v) is 22.7. The standard InChI is InChI=1S/C33H35N5O2/c39-32(23-5-3-1-2-4-6-23)35-25-14-11-22(12-15-25)31-36-28-18-30(34-19-29(28)37-31)38-33(40)24-13-16-26(20-7-8-20)27(17-24)21-9-10-21/h11-21,23H,1-10H2,(H,35,39)(H,36,37)(H,34,38,40). The van der Waals surface area contributed by atoms with Crippen LogP contribution < -0.4 is 10.6 Å². The van der Waals surface area contributed by atoms with Crippen molar-refractivity contribution in [2.24, 2.45) is 5.92 Å². The Bertz CT molecular complexity index is 1560. The normalized spacial score (nSPS) is 17.9. The van der Waals surface area contributed by atoms with Gasteiger partial charge in [-0.3, -0.25) is 9.59 Å². The first kappa shape index (κ1) is 25.0. The maximum atomic E-state index is 13.1. The van der Waals surface area contributed by atoms with Crippen molar-refractivity contribution >= 4 is 34.4 Å². The van der Waals surface area contributed by atoms with Crippen LogP contribution in [0.2, 0.25) is 0 Å². The quantitative estimate of drug-likeness (QED) is 0.214. The molecule has 2 amide bonds. The first-order valence-electron chi connectivity index (χ1n) is 14.8. The first-order valence-corrected chi connectivity index (χ1v) is 14.8. The fourth-order valence-electron chi connectivity index (χ4n) is 6.03. The largest absolute Gasteiger partial charge is 0.337 e. The molecular weight excluding hydrogens is 498 g/mol. The minimum Gasteiger partial charge on any atom is -0.337 e. The molecule has 7 nitrogen and oxygen atoms in total. The van der Waals surface area contributed by atoms with Gasteiger partial charge in [-0.15, -0.1) is 0 Å². The van der Waals surface area contributed by atoms with E-state index in [1.165, 1.54) is 49.7 Å². The van der Waals surface area contributed by atoms with Crippen LogP contribution in [0.5, 0.6) is 0 Å². The fourth-order valence-corrected chi connectivity index (χ4v) is 6.03. The van der Waals surface area contributed by atoms with Crippen molar-refractivity contribution in [1.82, 2.24) is 15.0 Å². The Kier molecular flexibility index (Phi) is 6.58. The molecule has 3 aliphatic carbocycles. The molecule has 7 heteroatoms. The highest BCUT2D eigenvalue weighted by molar-refractivity contribution is 6.04. The number of hydrogen-bond acceptors (Lipinski definition) is 4. The number of benzene rings is 2. The summed E-state index contributed by atoms with van der Waals surface area (Å²) in [6, 6.07) is 15.8. The van der Waals surface area contributed by atoms with E-state index in [0.29, 0.717) is 29.0 Å². The van der Waals surface area contributed by atoms with Crippen LogP contribution in [0.1, 0.15) is 97.5 Å². The van der Waals surface area contributed by atoms with Crippen LogP contribution in [-0.2, 0) is 4.79 Å². The van der Waals surface area contributed by atoms with E-state index in [4.69, 9.17) is 4.98 Å². The maximum Gasteiger partial charge on any atom is 0.256 e. The molecule has 0 unspecified atom stereocenters. The Morgan fingerprint density at radius 3 is 2.23 bits per heavy atom. The Labute approximate surface area is 234 Å². The molecular formula is C33H35N5O2. The van der Waals surface area contributed by atoms with E-state index >= 15 is 0 Å². The highest BCUT2D eigenvalue weighted by Crippen LogP contribution is 2.49. The number of aromatic amines is 1. The molecule has 3 fully saturated rings. The number of amides is 2. The predicted molar refractivity (Wildman–Crippen MR) is 157 cm³/mol. The van der Waals surface area contributed by atoms with Gasteiger partial charge in [0.1, 0.15) is 11.6 Å². The first-order chi connectivity index (χ1) is 19.6. The smallest absolute Gasteiger partial charge is 0.256 e. The van der Waals surface area contributed by atoms with E-state index < -0.39 is 0 Å². The van der Waals surface area contributed by atoms with Gasteiger partial charge < -0.3 is 15.6 Å². The van der Waals surface area contributed by atoms with E-state index in [9.17, 15) is 9.59 Å². The van der Waals surface area contributed by atoms with E-state index in [0.717, 1.165) is 48.0 Å². The average Bonchev–Trinajstić information content (AvgIpc) is 3.88. The van der Waals surface area contributed by atoms with Crippen LogP contribution in [0.25, 0.3) is 22.4 Å². The number of nitrogens with zero attached hydrogens (tertiary/aromatic N) is 2. The molecule has 2 aromatic carbocycles. The number of aromatic nitrogens is 3. The van der Waals surface area contributed by atoms with Gasteiger partial charge >= 0.3 is 0 Å². The third-order valence-electron chi connectivity index (χ3n) is 8.64. The Morgan fingerprint density at radius 2 is 1.50 bits per heavy atom. The van der Waals surface area contributed by atoms with Gasteiger partial charge in [0.15, 0.2) is 0 Å². The number of H-pyrrole nitrogens is 1. The lowest BCUT2D eigenvalue weighted by Gasteiger charge is -2.14. The van der Waals surface area contributed by atoms with Crippen molar-refractivity contribution in [2.75, 3.05) is 10.6 Å². The summed E-state index contributed by atoms with van der Waals surface area (Å²) in [6.07, 6.45) is 13.4. The summed E-state index contributed by atoms with van der Waals surface area (Å²) >= 11 is 0. The number of anilines is 2. The monoisotopic (exact) mass is 533 g/mol. The number of rotatable bonds is 7.